The molecule has 3 rings (SSSR count). The summed E-state index contributed by atoms with van der Waals surface area (Å²) < 4.78 is 20.1. The number of nitrogens with zero attached hydrogens (tertiary/aromatic N) is 4. The number of benzene rings is 2. The molecule has 0 spiro atoms. The van der Waals surface area contributed by atoms with Crippen LogP contribution >= 0.6 is 0 Å². The van der Waals surface area contributed by atoms with Gasteiger partial charge in [-0.2, -0.15) is 4.68 Å². The van der Waals surface area contributed by atoms with E-state index in [0.717, 1.165) is 5.56 Å². The number of fused-ring (bicyclic) bond motifs is 1. The van der Waals surface area contributed by atoms with E-state index in [1.165, 1.54) is 17.9 Å². The van der Waals surface area contributed by atoms with Crippen LogP contribution in [0.5, 0.6) is 5.75 Å². The van der Waals surface area contributed by atoms with Crippen molar-refractivity contribution in [2.45, 2.75) is 20.1 Å². The first kappa shape index (κ1) is 17.0. The van der Waals surface area contributed by atoms with E-state index in [0.29, 0.717) is 24.0 Å². The van der Waals surface area contributed by atoms with Crippen LogP contribution in [0.1, 0.15) is 12.5 Å². The Kier molecular flexibility index (Phi) is 5.04. The van der Waals surface area contributed by atoms with Gasteiger partial charge in [-0.25, -0.2) is 4.39 Å². The lowest BCUT2D eigenvalue weighted by Gasteiger charge is -2.20. The summed E-state index contributed by atoms with van der Waals surface area (Å²) in [6, 6.07) is 11.9. The Morgan fingerprint density at radius 2 is 2.04 bits per heavy atom. The summed E-state index contributed by atoms with van der Waals surface area (Å²) in [6.07, 6.45) is 0. The zero-order chi connectivity index (χ0) is 17.8. The summed E-state index contributed by atoms with van der Waals surface area (Å²) in [5, 5.41) is 8.61. The van der Waals surface area contributed by atoms with Gasteiger partial charge in [-0.1, -0.05) is 30.3 Å². The van der Waals surface area contributed by atoms with Gasteiger partial charge in [0.05, 0.1) is 19.2 Å². The predicted octanol–water partition coefficient (Wildman–Crippen LogP) is 2.42. The molecule has 7 heteroatoms. The predicted molar refractivity (Wildman–Crippen MR) is 92.8 cm³/mol. The third-order valence-electron chi connectivity index (χ3n) is 4.03. The Morgan fingerprint density at radius 1 is 1.24 bits per heavy atom. The van der Waals surface area contributed by atoms with Crippen molar-refractivity contribution in [1.82, 2.24) is 19.9 Å². The summed E-state index contributed by atoms with van der Waals surface area (Å²) in [4.78, 5) is 14.5. The SMILES string of the molecule is CCN(Cc1ccc(OC)c(F)c1)Cn1nnc2ccccc2c1=O. The van der Waals surface area contributed by atoms with E-state index in [4.69, 9.17) is 4.74 Å². The van der Waals surface area contributed by atoms with Crippen molar-refractivity contribution < 1.29 is 9.13 Å². The standard InChI is InChI=1S/C18H19FN4O2/c1-3-22(11-13-8-9-17(25-2)15(19)10-13)12-23-18(24)14-6-4-5-7-16(14)20-21-23/h4-10H,3,11-12H2,1-2H3. The molecule has 0 atom stereocenters. The van der Waals surface area contributed by atoms with Gasteiger partial charge in [0.15, 0.2) is 11.6 Å². The second-order valence-electron chi connectivity index (χ2n) is 5.67. The average Bonchev–Trinajstić information content (AvgIpc) is 2.63. The van der Waals surface area contributed by atoms with E-state index in [1.807, 2.05) is 17.9 Å². The van der Waals surface area contributed by atoms with Gasteiger partial charge in [-0.15, -0.1) is 5.10 Å². The van der Waals surface area contributed by atoms with E-state index < -0.39 is 5.82 Å². The van der Waals surface area contributed by atoms with E-state index in [9.17, 15) is 9.18 Å². The van der Waals surface area contributed by atoms with E-state index >= 15 is 0 Å². The lowest BCUT2D eigenvalue weighted by Crippen LogP contribution is -2.34. The highest BCUT2D eigenvalue weighted by molar-refractivity contribution is 5.76. The highest BCUT2D eigenvalue weighted by Gasteiger charge is 2.11. The summed E-state index contributed by atoms with van der Waals surface area (Å²) in [5.41, 5.74) is 1.18. The molecule has 0 bridgehead atoms. The van der Waals surface area contributed by atoms with E-state index in [1.54, 1.807) is 30.3 Å². The summed E-state index contributed by atoms with van der Waals surface area (Å²) in [5.74, 6) is -0.192. The van der Waals surface area contributed by atoms with Gasteiger partial charge in [-0.05, 0) is 36.4 Å². The molecule has 0 fully saturated rings. The first-order valence-electron chi connectivity index (χ1n) is 7.99. The normalized spacial score (nSPS) is 11.2. The van der Waals surface area contributed by atoms with Crippen molar-refractivity contribution in [3.05, 3.63) is 64.2 Å². The molecule has 0 saturated carbocycles. The van der Waals surface area contributed by atoms with Gasteiger partial charge in [0, 0.05) is 6.54 Å². The van der Waals surface area contributed by atoms with Crippen LogP contribution in [0.3, 0.4) is 0 Å². The number of halogens is 1. The molecule has 25 heavy (non-hydrogen) atoms. The molecule has 0 aliphatic carbocycles. The number of hydrogen-bond acceptors (Lipinski definition) is 5. The molecule has 0 aliphatic rings. The first-order chi connectivity index (χ1) is 12.1. The molecule has 0 radical (unpaired) electrons. The summed E-state index contributed by atoms with van der Waals surface area (Å²) >= 11 is 0. The third-order valence-corrected chi connectivity index (χ3v) is 4.03. The topological polar surface area (TPSA) is 60.2 Å². The van der Waals surface area contributed by atoms with Gasteiger partial charge in [0.1, 0.15) is 5.52 Å². The minimum atomic E-state index is -0.404. The molecule has 1 heterocycles. The Bertz CT molecular complexity index is 942. The molecule has 2 aromatic carbocycles. The van der Waals surface area contributed by atoms with Crippen molar-refractivity contribution in [1.29, 1.82) is 0 Å². The highest BCUT2D eigenvalue weighted by Crippen LogP contribution is 2.18. The Labute approximate surface area is 144 Å². The zero-order valence-corrected chi connectivity index (χ0v) is 14.1. The van der Waals surface area contributed by atoms with Crippen LogP contribution in [0.4, 0.5) is 4.39 Å². The maximum atomic E-state index is 13.8. The van der Waals surface area contributed by atoms with Gasteiger partial charge in [-0.3, -0.25) is 9.69 Å². The van der Waals surface area contributed by atoms with Crippen molar-refractivity contribution in [3.8, 4) is 5.75 Å². The Balaban J connectivity index is 1.82. The maximum absolute atomic E-state index is 13.8. The van der Waals surface area contributed by atoms with E-state index in [-0.39, 0.29) is 18.0 Å². The fourth-order valence-electron chi connectivity index (χ4n) is 2.63. The van der Waals surface area contributed by atoms with Crippen LogP contribution < -0.4 is 10.3 Å². The van der Waals surface area contributed by atoms with Crippen LogP contribution in [0, 0.1) is 5.82 Å². The molecule has 0 N–H and O–H groups in total. The van der Waals surface area contributed by atoms with E-state index in [2.05, 4.69) is 10.3 Å². The van der Waals surface area contributed by atoms with Crippen molar-refractivity contribution >= 4 is 10.9 Å². The number of methoxy groups -OCH3 is 1. The molecular weight excluding hydrogens is 323 g/mol. The Morgan fingerprint density at radius 3 is 2.76 bits per heavy atom. The first-order valence-corrected chi connectivity index (χ1v) is 7.99. The lowest BCUT2D eigenvalue weighted by atomic mass is 10.2. The zero-order valence-electron chi connectivity index (χ0n) is 14.1. The lowest BCUT2D eigenvalue weighted by molar-refractivity contribution is 0.201. The molecular formula is C18H19FN4O2. The molecule has 0 unspecified atom stereocenters. The summed E-state index contributed by atoms with van der Waals surface area (Å²) in [7, 11) is 1.43. The number of rotatable bonds is 6. The molecule has 130 valence electrons. The monoisotopic (exact) mass is 342 g/mol. The fourth-order valence-corrected chi connectivity index (χ4v) is 2.63. The van der Waals surface area contributed by atoms with Crippen LogP contribution in [0.2, 0.25) is 0 Å². The summed E-state index contributed by atoms with van der Waals surface area (Å²) in [6.45, 7) is 3.41. The average molecular weight is 342 g/mol. The van der Waals surface area contributed by atoms with Gasteiger partial charge in [0.25, 0.3) is 5.56 Å². The number of hydrogen-bond donors (Lipinski definition) is 0. The minimum absolute atomic E-state index is 0.190. The molecule has 0 saturated heterocycles. The van der Waals surface area contributed by atoms with Gasteiger partial charge >= 0.3 is 0 Å². The quantitative estimate of drug-likeness (QED) is 0.688. The van der Waals surface area contributed by atoms with Crippen molar-refractivity contribution in [2.75, 3.05) is 13.7 Å². The largest absolute Gasteiger partial charge is 0.494 e. The molecule has 0 amide bonds. The maximum Gasteiger partial charge on any atom is 0.278 e. The van der Waals surface area contributed by atoms with Crippen LogP contribution in [-0.4, -0.2) is 33.5 Å². The number of aromatic nitrogens is 3. The second kappa shape index (κ2) is 7.40. The minimum Gasteiger partial charge on any atom is -0.494 e. The highest BCUT2D eigenvalue weighted by atomic mass is 19.1. The second-order valence-corrected chi connectivity index (χ2v) is 5.67. The Hall–Kier alpha value is -2.80. The fraction of sp³-hybridized carbons (Fsp3) is 0.278. The van der Waals surface area contributed by atoms with Crippen molar-refractivity contribution in [3.63, 3.8) is 0 Å². The van der Waals surface area contributed by atoms with Crippen LogP contribution in [0.25, 0.3) is 10.9 Å². The smallest absolute Gasteiger partial charge is 0.278 e. The molecule has 0 aliphatic heterocycles. The number of ether oxygens (including phenoxy) is 1. The van der Waals surface area contributed by atoms with Gasteiger partial charge in [0.2, 0.25) is 0 Å². The van der Waals surface area contributed by atoms with Crippen LogP contribution in [0.15, 0.2) is 47.3 Å². The third kappa shape index (κ3) is 3.66. The van der Waals surface area contributed by atoms with Crippen LogP contribution in [-0.2, 0) is 13.2 Å². The molecule has 1 aromatic heterocycles. The molecule has 6 nitrogen and oxygen atoms in total. The molecule has 3 aromatic rings. The van der Waals surface area contributed by atoms with Crippen molar-refractivity contribution in [2.24, 2.45) is 0 Å². The van der Waals surface area contributed by atoms with Gasteiger partial charge < -0.3 is 4.74 Å².